The summed E-state index contributed by atoms with van der Waals surface area (Å²) in [6.07, 6.45) is 11.2. The lowest BCUT2D eigenvalue weighted by atomic mass is 9.52. The van der Waals surface area contributed by atoms with Crippen molar-refractivity contribution in [2.45, 2.75) is 62.4 Å². The Labute approximate surface area is 219 Å². The summed E-state index contributed by atoms with van der Waals surface area (Å²) < 4.78 is 5.99. The Morgan fingerprint density at radius 2 is 1.92 bits per heavy atom. The molecule has 3 aliphatic rings. The number of carbonyl (C=O) groups is 1. The minimum atomic E-state index is -0.749. The highest BCUT2D eigenvalue weighted by Gasteiger charge is 2.51. The highest BCUT2D eigenvalue weighted by Crippen LogP contribution is 2.54. The molecule has 3 aliphatic carbocycles. The molecule has 3 atom stereocenters. The average Bonchev–Trinajstić information content (AvgIpc) is 3.74. The Morgan fingerprint density at radius 3 is 2.70 bits per heavy atom. The average molecular weight is 497 g/mol. The molecule has 0 radical (unpaired) electrons. The molecular formula is C32H36N2O3. The largest absolute Gasteiger partial charge is 0.387 e. The van der Waals surface area contributed by atoms with Gasteiger partial charge in [0.15, 0.2) is 0 Å². The quantitative estimate of drug-likeness (QED) is 0.419. The van der Waals surface area contributed by atoms with Crippen molar-refractivity contribution < 1.29 is 14.6 Å². The monoisotopic (exact) mass is 496 g/mol. The molecule has 3 aromatic rings. The van der Waals surface area contributed by atoms with E-state index >= 15 is 0 Å². The summed E-state index contributed by atoms with van der Waals surface area (Å²) in [7, 11) is 0. The van der Waals surface area contributed by atoms with Gasteiger partial charge in [-0.15, -0.1) is 0 Å². The van der Waals surface area contributed by atoms with Crippen molar-refractivity contribution >= 4 is 11.6 Å². The van der Waals surface area contributed by atoms with Crippen LogP contribution >= 0.6 is 0 Å². The molecule has 5 heteroatoms. The molecule has 1 amide bonds. The SMILES string of the molecule is O=C(Nc1cccnc1)c1ccc2c(c1)CC[C@@H]1C[C@@](O)(COCC3CC3)CC[C@@]21Cc1ccccc1. The van der Waals surface area contributed by atoms with E-state index in [-0.39, 0.29) is 11.3 Å². The van der Waals surface area contributed by atoms with Crippen LogP contribution in [0.4, 0.5) is 5.69 Å². The fourth-order valence-electron chi connectivity index (χ4n) is 6.67. The summed E-state index contributed by atoms with van der Waals surface area (Å²) in [4.78, 5) is 17.1. The van der Waals surface area contributed by atoms with Crippen LogP contribution in [0.15, 0.2) is 73.1 Å². The molecule has 2 saturated carbocycles. The minimum absolute atomic E-state index is 0.0456. The van der Waals surface area contributed by atoms with Crippen molar-refractivity contribution in [2.75, 3.05) is 18.5 Å². The molecule has 37 heavy (non-hydrogen) atoms. The molecule has 1 aromatic heterocycles. The van der Waals surface area contributed by atoms with E-state index in [0.29, 0.717) is 29.7 Å². The number of aliphatic hydroxyl groups is 1. The van der Waals surface area contributed by atoms with Crippen LogP contribution < -0.4 is 5.32 Å². The van der Waals surface area contributed by atoms with E-state index in [2.05, 4.69) is 52.8 Å². The second-order valence-electron chi connectivity index (χ2n) is 11.5. The second-order valence-corrected chi connectivity index (χ2v) is 11.5. The zero-order valence-electron chi connectivity index (χ0n) is 21.4. The molecule has 2 fully saturated rings. The summed E-state index contributed by atoms with van der Waals surface area (Å²) in [5.41, 5.74) is 4.52. The van der Waals surface area contributed by atoms with Gasteiger partial charge < -0.3 is 15.2 Å². The van der Waals surface area contributed by atoms with Gasteiger partial charge in [-0.05, 0) is 104 Å². The standard InChI is InChI=1S/C32H36N2O3/c35-30(34-28-7-4-16-33-20-28)26-11-13-29-25(17-26)10-12-27-19-31(36,22-37-21-24-8-9-24)14-15-32(27,29)18-23-5-2-1-3-6-23/h1-7,11,13,16-17,20,24,27,36H,8-10,12,14-15,18-19,21-22H2,(H,34,35)/t27-,31-,32+/m1/s1. The number of carbonyl (C=O) groups excluding carboxylic acids is 1. The summed E-state index contributed by atoms with van der Waals surface area (Å²) in [6.45, 7) is 1.23. The zero-order valence-corrected chi connectivity index (χ0v) is 21.4. The van der Waals surface area contributed by atoms with Gasteiger partial charge in [-0.1, -0.05) is 36.4 Å². The van der Waals surface area contributed by atoms with E-state index in [1.54, 1.807) is 12.4 Å². The van der Waals surface area contributed by atoms with Crippen molar-refractivity contribution in [3.63, 3.8) is 0 Å². The highest BCUT2D eigenvalue weighted by atomic mass is 16.5. The number of pyridine rings is 1. The number of fused-ring (bicyclic) bond motifs is 3. The Balaban J connectivity index is 1.28. The normalized spacial score (nSPS) is 26.7. The first-order chi connectivity index (χ1) is 18.0. The van der Waals surface area contributed by atoms with E-state index in [1.807, 2.05) is 18.2 Å². The molecular weight excluding hydrogens is 460 g/mol. The maximum Gasteiger partial charge on any atom is 0.255 e. The first-order valence-corrected chi connectivity index (χ1v) is 13.7. The third-order valence-electron chi connectivity index (χ3n) is 8.81. The second kappa shape index (κ2) is 10.0. The molecule has 0 aliphatic heterocycles. The van der Waals surface area contributed by atoms with Crippen molar-refractivity contribution in [3.05, 3.63) is 95.3 Å². The summed E-state index contributed by atoms with van der Waals surface area (Å²) in [5.74, 6) is 0.967. The number of aromatic nitrogens is 1. The van der Waals surface area contributed by atoms with E-state index < -0.39 is 5.60 Å². The van der Waals surface area contributed by atoms with Crippen LogP contribution in [0.1, 0.15) is 65.6 Å². The van der Waals surface area contributed by atoms with Crippen molar-refractivity contribution in [1.82, 2.24) is 4.98 Å². The van der Waals surface area contributed by atoms with E-state index in [4.69, 9.17) is 4.74 Å². The first kappa shape index (κ1) is 24.3. The van der Waals surface area contributed by atoms with Crippen LogP contribution in [-0.2, 0) is 23.0 Å². The van der Waals surface area contributed by atoms with Crippen LogP contribution in [0.5, 0.6) is 0 Å². The molecule has 6 rings (SSSR count). The third kappa shape index (κ3) is 5.21. The maximum absolute atomic E-state index is 13.0. The predicted molar refractivity (Wildman–Crippen MR) is 145 cm³/mol. The number of nitrogens with one attached hydrogen (secondary N) is 1. The van der Waals surface area contributed by atoms with Crippen molar-refractivity contribution in [2.24, 2.45) is 11.8 Å². The Kier molecular flexibility index (Phi) is 6.60. The van der Waals surface area contributed by atoms with Gasteiger partial charge >= 0.3 is 0 Å². The lowest BCUT2D eigenvalue weighted by molar-refractivity contribution is -0.102. The third-order valence-corrected chi connectivity index (χ3v) is 8.81. The van der Waals surface area contributed by atoms with Gasteiger partial charge in [0.2, 0.25) is 0 Å². The smallest absolute Gasteiger partial charge is 0.255 e. The van der Waals surface area contributed by atoms with Crippen LogP contribution in [0, 0.1) is 11.8 Å². The predicted octanol–water partition coefficient (Wildman–Crippen LogP) is 5.72. The Hall–Kier alpha value is -3.02. The van der Waals surface area contributed by atoms with Crippen molar-refractivity contribution in [1.29, 1.82) is 0 Å². The number of nitrogens with zero attached hydrogens (tertiary/aromatic N) is 1. The number of ether oxygens (including phenoxy) is 1. The number of hydrogen-bond donors (Lipinski definition) is 2. The van der Waals surface area contributed by atoms with Gasteiger partial charge in [-0.3, -0.25) is 9.78 Å². The van der Waals surface area contributed by atoms with Crippen LogP contribution in [-0.4, -0.2) is 34.8 Å². The first-order valence-electron chi connectivity index (χ1n) is 13.7. The van der Waals surface area contributed by atoms with E-state index in [1.165, 1.54) is 29.5 Å². The van der Waals surface area contributed by atoms with Gasteiger partial charge in [-0.2, -0.15) is 0 Å². The summed E-state index contributed by atoms with van der Waals surface area (Å²) in [5, 5.41) is 14.5. The van der Waals surface area contributed by atoms with Gasteiger partial charge in [0, 0.05) is 23.8 Å². The number of aryl methyl sites for hydroxylation is 1. The highest BCUT2D eigenvalue weighted by molar-refractivity contribution is 6.04. The summed E-state index contributed by atoms with van der Waals surface area (Å²) in [6, 6.07) is 20.6. The molecule has 0 bridgehead atoms. The summed E-state index contributed by atoms with van der Waals surface area (Å²) >= 11 is 0. The fourth-order valence-corrected chi connectivity index (χ4v) is 6.67. The number of benzene rings is 2. The molecule has 0 unspecified atom stereocenters. The number of hydrogen-bond acceptors (Lipinski definition) is 4. The molecule has 192 valence electrons. The number of amides is 1. The van der Waals surface area contributed by atoms with Gasteiger partial charge in [0.1, 0.15) is 0 Å². The molecule has 0 spiro atoms. The molecule has 0 saturated heterocycles. The fraction of sp³-hybridized carbons (Fsp3) is 0.438. The van der Waals surface area contributed by atoms with E-state index in [9.17, 15) is 9.90 Å². The Morgan fingerprint density at radius 1 is 1.05 bits per heavy atom. The number of rotatable bonds is 8. The van der Waals surface area contributed by atoms with Crippen LogP contribution in [0.3, 0.4) is 0 Å². The van der Waals surface area contributed by atoms with Crippen LogP contribution in [0.2, 0.25) is 0 Å². The zero-order chi connectivity index (χ0) is 25.3. The molecule has 5 nitrogen and oxygen atoms in total. The van der Waals surface area contributed by atoms with E-state index in [0.717, 1.165) is 45.1 Å². The minimum Gasteiger partial charge on any atom is -0.387 e. The van der Waals surface area contributed by atoms with Gasteiger partial charge in [0.05, 0.1) is 24.1 Å². The topological polar surface area (TPSA) is 71.5 Å². The molecule has 2 aromatic carbocycles. The lowest BCUT2D eigenvalue weighted by Crippen LogP contribution is -2.53. The Bertz CT molecular complexity index is 1240. The van der Waals surface area contributed by atoms with Gasteiger partial charge in [0.25, 0.3) is 5.91 Å². The lowest BCUT2D eigenvalue weighted by Gasteiger charge is -2.53. The molecule has 2 N–H and O–H groups in total. The van der Waals surface area contributed by atoms with Crippen LogP contribution in [0.25, 0.3) is 0 Å². The van der Waals surface area contributed by atoms with Crippen molar-refractivity contribution in [3.8, 4) is 0 Å². The van der Waals surface area contributed by atoms with Gasteiger partial charge in [-0.25, -0.2) is 0 Å². The number of anilines is 1. The maximum atomic E-state index is 13.0. The molecule has 1 heterocycles.